The van der Waals surface area contributed by atoms with Gasteiger partial charge in [-0.25, -0.2) is 9.97 Å². The molecule has 1 heterocycles. The van der Waals surface area contributed by atoms with Crippen LogP contribution in [-0.2, 0) is 6.42 Å². The zero-order valence-corrected chi connectivity index (χ0v) is 14.1. The van der Waals surface area contributed by atoms with Gasteiger partial charge in [0, 0.05) is 11.7 Å². The molecule has 1 saturated carbocycles. The van der Waals surface area contributed by atoms with Gasteiger partial charge >= 0.3 is 0 Å². The Morgan fingerprint density at radius 3 is 2.62 bits per heavy atom. The average molecular weight is 324 g/mol. The number of anilines is 2. The van der Waals surface area contributed by atoms with E-state index in [2.05, 4.69) is 27.5 Å². The molecular formula is C19H24N4O. The molecule has 2 aromatic rings. The van der Waals surface area contributed by atoms with Crippen molar-refractivity contribution < 1.29 is 4.79 Å². The summed E-state index contributed by atoms with van der Waals surface area (Å²) in [7, 11) is 0. The van der Waals surface area contributed by atoms with Gasteiger partial charge in [0.15, 0.2) is 0 Å². The first kappa shape index (κ1) is 16.4. The smallest absolute Gasteiger partial charge is 0.275 e. The number of para-hydroxylation sites is 1. The zero-order valence-electron chi connectivity index (χ0n) is 14.1. The molecule has 5 nitrogen and oxygen atoms in total. The summed E-state index contributed by atoms with van der Waals surface area (Å²) in [6.07, 6.45) is 10.3. The highest BCUT2D eigenvalue weighted by molar-refractivity contribution is 6.03. The molecule has 1 amide bonds. The van der Waals surface area contributed by atoms with Gasteiger partial charge < -0.3 is 10.6 Å². The number of hydrogen-bond acceptors (Lipinski definition) is 4. The summed E-state index contributed by atoms with van der Waals surface area (Å²) in [6, 6.07) is 8.28. The van der Waals surface area contributed by atoms with E-state index in [0.717, 1.165) is 23.5 Å². The Balaban J connectivity index is 1.63. The first-order valence-electron chi connectivity index (χ1n) is 8.74. The molecule has 2 N–H and O–H groups in total. The number of aromatic nitrogens is 2. The highest BCUT2D eigenvalue weighted by Crippen LogP contribution is 2.20. The van der Waals surface area contributed by atoms with Gasteiger partial charge in [-0.05, 0) is 30.9 Å². The third-order valence-electron chi connectivity index (χ3n) is 4.49. The van der Waals surface area contributed by atoms with Crippen LogP contribution in [0.1, 0.15) is 55.1 Å². The summed E-state index contributed by atoms with van der Waals surface area (Å²) in [4.78, 5) is 21.0. The molecule has 5 heteroatoms. The lowest BCUT2D eigenvalue weighted by Crippen LogP contribution is -2.23. The Bertz CT molecular complexity index is 678. The molecule has 1 fully saturated rings. The van der Waals surface area contributed by atoms with Crippen molar-refractivity contribution in [2.24, 2.45) is 0 Å². The lowest BCUT2D eigenvalue weighted by molar-refractivity contribution is 0.102. The number of amides is 1. The number of hydrogen-bond donors (Lipinski definition) is 2. The van der Waals surface area contributed by atoms with Crippen molar-refractivity contribution in [1.29, 1.82) is 0 Å². The van der Waals surface area contributed by atoms with E-state index >= 15 is 0 Å². The number of carbonyl (C=O) groups is 1. The highest BCUT2D eigenvalue weighted by atomic mass is 16.1. The van der Waals surface area contributed by atoms with E-state index in [1.165, 1.54) is 38.3 Å². The zero-order chi connectivity index (χ0) is 16.8. The van der Waals surface area contributed by atoms with Crippen LogP contribution in [0.2, 0.25) is 0 Å². The molecular weight excluding hydrogens is 300 g/mol. The fraction of sp³-hybridized carbons (Fsp3) is 0.421. The van der Waals surface area contributed by atoms with Crippen LogP contribution < -0.4 is 10.6 Å². The standard InChI is InChI=1S/C19H24N4O/c1-2-14-8-6-7-11-16(14)23-19(24)17-12-21-18(13-20-17)22-15-9-4-3-5-10-15/h6-8,11-13,15H,2-5,9-10H2,1H3,(H,21,22)(H,23,24). The van der Waals surface area contributed by atoms with Crippen LogP contribution in [0.15, 0.2) is 36.7 Å². The van der Waals surface area contributed by atoms with Crippen LogP contribution in [0.3, 0.4) is 0 Å². The number of nitrogens with zero attached hydrogens (tertiary/aromatic N) is 2. The summed E-state index contributed by atoms with van der Waals surface area (Å²) in [5.41, 5.74) is 2.26. The summed E-state index contributed by atoms with van der Waals surface area (Å²) in [6.45, 7) is 2.07. The van der Waals surface area contributed by atoms with Crippen LogP contribution >= 0.6 is 0 Å². The maximum atomic E-state index is 12.3. The average Bonchev–Trinajstić information content (AvgIpc) is 2.63. The number of benzene rings is 1. The fourth-order valence-electron chi connectivity index (χ4n) is 3.11. The molecule has 126 valence electrons. The molecule has 0 aliphatic heterocycles. The maximum Gasteiger partial charge on any atom is 0.275 e. The van der Waals surface area contributed by atoms with Crippen LogP contribution in [0.5, 0.6) is 0 Å². The SMILES string of the molecule is CCc1ccccc1NC(=O)c1cnc(NC2CCCCC2)cn1. The van der Waals surface area contributed by atoms with E-state index in [-0.39, 0.29) is 5.91 Å². The monoisotopic (exact) mass is 324 g/mol. The quantitative estimate of drug-likeness (QED) is 0.871. The summed E-state index contributed by atoms with van der Waals surface area (Å²) in [5, 5.41) is 6.33. The van der Waals surface area contributed by atoms with Crippen molar-refractivity contribution in [1.82, 2.24) is 9.97 Å². The lowest BCUT2D eigenvalue weighted by atomic mass is 9.96. The number of nitrogens with one attached hydrogen (secondary N) is 2. The van der Waals surface area contributed by atoms with Gasteiger partial charge in [-0.2, -0.15) is 0 Å². The highest BCUT2D eigenvalue weighted by Gasteiger charge is 2.14. The van der Waals surface area contributed by atoms with Crippen LogP contribution in [-0.4, -0.2) is 21.9 Å². The molecule has 0 bridgehead atoms. The van der Waals surface area contributed by atoms with E-state index in [1.807, 2.05) is 24.3 Å². The molecule has 1 aliphatic carbocycles. The van der Waals surface area contributed by atoms with E-state index in [0.29, 0.717) is 11.7 Å². The lowest BCUT2D eigenvalue weighted by Gasteiger charge is -2.23. The minimum Gasteiger partial charge on any atom is -0.366 e. The van der Waals surface area contributed by atoms with Gasteiger partial charge in [0.05, 0.1) is 12.4 Å². The van der Waals surface area contributed by atoms with Crippen molar-refractivity contribution in [2.45, 2.75) is 51.5 Å². The van der Waals surface area contributed by atoms with Crippen LogP contribution in [0.4, 0.5) is 11.5 Å². The summed E-state index contributed by atoms with van der Waals surface area (Å²) in [5.74, 6) is 0.514. The Morgan fingerprint density at radius 1 is 1.12 bits per heavy atom. The van der Waals surface area contributed by atoms with E-state index in [1.54, 1.807) is 6.20 Å². The molecule has 3 rings (SSSR count). The second-order valence-corrected chi connectivity index (χ2v) is 6.23. The topological polar surface area (TPSA) is 66.9 Å². The molecule has 1 aliphatic rings. The molecule has 24 heavy (non-hydrogen) atoms. The van der Waals surface area contributed by atoms with Crippen LogP contribution in [0, 0.1) is 0 Å². The van der Waals surface area contributed by atoms with Crippen molar-refractivity contribution in [3.63, 3.8) is 0 Å². The van der Waals surface area contributed by atoms with E-state index < -0.39 is 0 Å². The molecule has 0 atom stereocenters. The van der Waals surface area contributed by atoms with Gasteiger partial charge in [0.2, 0.25) is 0 Å². The third kappa shape index (κ3) is 4.10. The molecule has 0 spiro atoms. The predicted octanol–water partition coefficient (Wildman–Crippen LogP) is 4.04. The van der Waals surface area contributed by atoms with Gasteiger partial charge in [0.25, 0.3) is 5.91 Å². The second-order valence-electron chi connectivity index (χ2n) is 6.23. The Labute approximate surface area is 142 Å². The number of aryl methyl sites for hydroxylation is 1. The Kier molecular flexibility index (Phi) is 5.41. The maximum absolute atomic E-state index is 12.3. The van der Waals surface area contributed by atoms with Gasteiger partial charge in [0.1, 0.15) is 11.5 Å². The minimum absolute atomic E-state index is 0.229. The largest absolute Gasteiger partial charge is 0.366 e. The van der Waals surface area contributed by atoms with E-state index in [9.17, 15) is 4.79 Å². The first-order valence-corrected chi connectivity index (χ1v) is 8.74. The molecule has 0 unspecified atom stereocenters. The fourth-order valence-corrected chi connectivity index (χ4v) is 3.11. The van der Waals surface area contributed by atoms with Gasteiger partial charge in [-0.15, -0.1) is 0 Å². The number of rotatable bonds is 5. The van der Waals surface area contributed by atoms with Crippen molar-refractivity contribution in [3.05, 3.63) is 47.9 Å². The normalized spacial score (nSPS) is 15.0. The second kappa shape index (κ2) is 7.90. The van der Waals surface area contributed by atoms with Crippen molar-refractivity contribution in [3.8, 4) is 0 Å². The van der Waals surface area contributed by atoms with Gasteiger partial charge in [-0.1, -0.05) is 44.4 Å². The number of carbonyl (C=O) groups excluding carboxylic acids is 1. The predicted molar refractivity (Wildman–Crippen MR) is 96.3 cm³/mol. The Hall–Kier alpha value is -2.43. The van der Waals surface area contributed by atoms with Crippen LogP contribution in [0.25, 0.3) is 0 Å². The van der Waals surface area contributed by atoms with Crippen molar-refractivity contribution in [2.75, 3.05) is 10.6 Å². The molecule has 1 aromatic heterocycles. The summed E-state index contributed by atoms with van der Waals surface area (Å²) >= 11 is 0. The molecule has 0 radical (unpaired) electrons. The summed E-state index contributed by atoms with van der Waals surface area (Å²) < 4.78 is 0. The van der Waals surface area contributed by atoms with E-state index in [4.69, 9.17) is 0 Å². The third-order valence-corrected chi connectivity index (χ3v) is 4.49. The molecule has 0 saturated heterocycles. The van der Waals surface area contributed by atoms with Gasteiger partial charge in [-0.3, -0.25) is 4.79 Å². The Morgan fingerprint density at radius 2 is 1.92 bits per heavy atom. The minimum atomic E-state index is -0.229. The van der Waals surface area contributed by atoms with Crippen molar-refractivity contribution >= 4 is 17.4 Å². The first-order chi connectivity index (χ1) is 11.8. The molecule has 1 aromatic carbocycles.